The van der Waals surface area contributed by atoms with Crippen LogP contribution in [0.15, 0.2) is 30.7 Å². The van der Waals surface area contributed by atoms with Crippen molar-refractivity contribution in [3.05, 3.63) is 30.7 Å². The number of nitrogens with zero attached hydrogens (tertiary/aromatic N) is 3. The molecule has 2 saturated heterocycles. The Bertz CT molecular complexity index is 737. The molecule has 2 aliphatic heterocycles. The van der Waals surface area contributed by atoms with E-state index in [9.17, 15) is 4.79 Å². The largest absolute Gasteiger partial charge is 0.377 e. The normalized spacial score (nSPS) is 25.2. The topological polar surface area (TPSA) is 81.3 Å². The molecule has 2 aromatic rings. The summed E-state index contributed by atoms with van der Waals surface area (Å²) in [5, 5.41) is 1.09. The van der Waals surface area contributed by atoms with Gasteiger partial charge in [0, 0.05) is 49.4 Å². The van der Waals surface area contributed by atoms with E-state index in [2.05, 4.69) is 20.9 Å². The highest BCUT2D eigenvalue weighted by Crippen LogP contribution is 2.35. The first kappa shape index (κ1) is 15.3. The van der Waals surface area contributed by atoms with Gasteiger partial charge >= 0.3 is 0 Å². The summed E-state index contributed by atoms with van der Waals surface area (Å²) in [6.07, 6.45) is 8.30. The first-order valence-electron chi connectivity index (χ1n) is 8.58. The monoisotopic (exact) mass is 326 g/mol. The van der Waals surface area contributed by atoms with E-state index >= 15 is 0 Å². The number of hydrogen-bond acceptors (Lipinski definition) is 5. The summed E-state index contributed by atoms with van der Waals surface area (Å²) in [6, 6.07) is 4.00. The molecule has 2 fully saturated rings. The third-order valence-corrected chi connectivity index (χ3v) is 5.37. The molecular weight excluding hydrogens is 304 g/mol. The van der Waals surface area contributed by atoms with Crippen molar-refractivity contribution < 1.29 is 9.53 Å². The summed E-state index contributed by atoms with van der Waals surface area (Å²) in [5.41, 5.74) is 7.69. The number of aromatic nitrogens is 2. The van der Waals surface area contributed by atoms with Crippen LogP contribution in [0.1, 0.15) is 19.3 Å². The van der Waals surface area contributed by atoms with Crippen LogP contribution in [0.3, 0.4) is 0 Å². The Morgan fingerprint density at radius 2 is 2.04 bits per heavy atom. The number of carbonyl (C=O) groups is 1. The van der Waals surface area contributed by atoms with Gasteiger partial charge in [-0.2, -0.15) is 0 Å². The fraction of sp³-hybridized carbons (Fsp3) is 0.500. The van der Waals surface area contributed by atoms with Gasteiger partial charge in [0.15, 0.2) is 0 Å². The molecule has 2 aliphatic rings. The first-order chi connectivity index (χ1) is 11.7. The van der Waals surface area contributed by atoms with Crippen LogP contribution in [-0.4, -0.2) is 41.7 Å². The maximum atomic E-state index is 11.6. The van der Waals surface area contributed by atoms with Crippen LogP contribution in [0.2, 0.25) is 0 Å². The summed E-state index contributed by atoms with van der Waals surface area (Å²) in [5.74, 6) is 0.0751. The molecule has 24 heavy (non-hydrogen) atoms. The predicted molar refractivity (Wildman–Crippen MR) is 91.5 cm³/mol. The van der Waals surface area contributed by atoms with Crippen LogP contribution in [0.25, 0.3) is 10.9 Å². The van der Waals surface area contributed by atoms with Crippen LogP contribution < -0.4 is 10.6 Å². The SMILES string of the molecule is NC(=O)[C@H]1CCO[C@@H]1C1CCN(c2ccnc3ccncc23)CC1. The van der Waals surface area contributed by atoms with Crippen LogP contribution in [0.4, 0.5) is 5.69 Å². The molecule has 0 radical (unpaired) electrons. The summed E-state index contributed by atoms with van der Waals surface area (Å²) in [6.45, 7) is 2.55. The molecule has 0 spiro atoms. The number of piperidine rings is 1. The zero-order chi connectivity index (χ0) is 16.5. The number of hydrogen-bond donors (Lipinski definition) is 1. The van der Waals surface area contributed by atoms with Gasteiger partial charge in [-0.05, 0) is 37.3 Å². The van der Waals surface area contributed by atoms with Crippen molar-refractivity contribution >= 4 is 22.5 Å². The van der Waals surface area contributed by atoms with Gasteiger partial charge in [0.2, 0.25) is 5.91 Å². The van der Waals surface area contributed by atoms with Crippen molar-refractivity contribution in [2.75, 3.05) is 24.6 Å². The maximum absolute atomic E-state index is 11.6. The number of carbonyl (C=O) groups excluding carboxylic acids is 1. The minimum Gasteiger partial charge on any atom is -0.377 e. The van der Waals surface area contributed by atoms with Gasteiger partial charge in [-0.25, -0.2) is 0 Å². The standard InChI is InChI=1S/C18H22N4O2/c19-18(23)13-5-10-24-17(13)12-3-8-22(9-4-12)16-2-7-21-15-1-6-20-11-14(15)16/h1-2,6-7,11-13,17H,3-5,8-10H2,(H2,19,23)/t13-,17+/m0/s1. The van der Waals surface area contributed by atoms with E-state index in [1.54, 1.807) is 6.20 Å². The molecule has 0 aliphatic carbocycles. The van der Waals surface area contributed by atoms with Crippen molar-refractivity contribution in [1.29, 1.82) is 0 Å². The Morgan fingerprint density at radius 3 is 2.83 bits per heavy atom. The number of ether oxygens (including phenoxy) is 1. The van der Waals surface area contributed by atoms with Gasteiger partial charge in [0.1, 0.15) is 0 Å². The number of rotatable bonds is 3. The van der Waals surface area contributed by atoms with Crippen LogP contribution in [0.5, 0.6) is 0 Å². The van der Waals surface area contributed by atoms with E-state index < -0.39 is 0 Å². The number of nitrogens with two attached hydrogens (primary N) is 1. The zero-order valence-corrected chi connectivity index (χ0v) is 13.6. The van der Waals surface area contributed by atoms with Gasteiger partial charge in [0.05, 0.1) is 17.5 Å². The second-order valence-electron chi connectivity index (χ2n) is 6.68. The van der Waals surface area contributed by atoms with Gasteiger partial charge in [-0.1, -0.05) is 0 Å². The lowest BCUT2D eigenvalue weighted by Crippen LogP contribution is -2.42. The Hall–Kier alpha value is -2.21. The number of amides is 1. The summed E-state index contributed by atoms with van der Waals surface area (Å²) in [7, 11) is 0. The fourth-order valence-corrected chi connectivity index (χ4v) is 4.10. The number of pyridine rings is 2. The molecule has 0 unspecified atom stereocenters. The molecule has 4 rings (SSSR count). The molecule has 1 amide bonds. The average molecular weight is 326 g/mol. The van der Waals surface area contributed by atoms with Gasteiger partial charge in [-0.15, -0.1) is 0 Å². The van der Waals surface area contributed by atoms with E-state index in [0.717, 1.165) is 43.3 Å². The van der Waals surface area contributed by atoms with E-state index in [4.69, 9.17) is 10.5 Å². The van der Waals surface area contributed by atoms with E-state index in [1.807, 2.05) is 18.5 Å². The lowest BCUT2D eigenvalue weighted by molar-refractivity contribution is -0.124. The molecule has 6 heteroatoms. The molecule has 0 saturated carbocycles. The fourth-order valence-electron chi connectivity index (χ4n) is 4.10. The molecule has 2 N–H and O–H groups in total. The van der Waals surface area contributed by atoms with Crippen LogP contribution in [-0.2, 0) is 9.53 Å². The average Bonchev–Trinajstić information content (AvgIpc) is 3.11. The third-order valence-electron chi connectivity index (χ3n) is 5.37. The highest BCUT2D eigenvalue weighted by Gasteiger charge is 2.39. The van der Waals surface area contributed by atoms with Crippen LogP contribution >= 0.6 is 0 Å². The second-order valence-corrected chi connectivity index (χ2v) is 6.68. The quantitative estimate of drug-likeness (QED) is 0.929. The van der Waals surface area contributed by atoms with Gasteiger partial charge in [-0.3, -0.25) is 14.8 Å². The van der Waals surface area contributed by atoms with Crippen molar-refractivity contribution in [2.24, 2.45) is 17.6 Å². The Morgan fingerprint density at radius 1 is 1.21 bits per heavy atom. The summed E-state index contributed by atoms with van der Waals surface area (Å²) < 4.78 is 5.84. The number of fused-ring (bicyclic) bond motifs is 1. The van der Waals surface area contributed by atoms with Crippen LogP contribution in [0, 0.1) is 11.8 Å². The highest BCUT2D eigenvalue weighted by atomic mass is 16.5. The molecule has 2 aromatic heterocycles. The van der Waals surface area contributed by atoms with Crippen molar-refractivity contribution in [3.8, 4) is 0 Å². The minimum absolute atomic E-state index is 0.000464. The Labute approximate surface area is 141 Å². The molecule has 2 atom stereocenters. The van der Waals surface area contributed by atoms with Crippen molar-refractivity contribution in [1.82, 2.24) is 9.97 Å². The van der Waals surface area contributed by atoms with E-state index in [0.29, 0.717) is 12.5 Å². The van der Waals surface area contributed by atoms with E-state index in [-0.39, 0.29) is 17.9 Å². The van der Waals surface area contributed by atoms with Crippen molar-refractivity contribution in [3.63, 3.8) is 0 Å². The molecule has 0 bridgehead atoms. The first-order valence-corrected chi connectivity index (χ1v) is 8.58. The van der Waals surface area contributed by atoms with Gasteiger partial charge in [0.25, 0.3) is 0 Å². The minimum atomic E-state index is -0.217. The second kappa shape index (κ2) is 6.36. The highest BCUT2D eigenvalue weighted by molar-refractivity contribution is 5.90. The summed E-state index contributed by atoms with van der Waals surface area (Å²) in [4.78, 5) is 22.6. The third kappa shape index (κ3) is 2.71. The smallest absolute Gasteiger partial charge is 0.223 e. The van der Waals surface area contributed by atoms with Crippen molar-refractivity contribution in [2.45, 2.75) is 25.4 Å². The summed E-state index contributed by atoms with van der Waals surface area (Å²) >= 11 is 0. The molecule has 6 nitrogen and oxygen atoms in total. The number of primary amides is 1. The predicted octanol–water partition coefficient (Wildman–Crippen LogP) is 1.74. The number of anilines is 1. The lowest BCUT2D eigenvalue weighted by atomic mass is 9.84. The lowest BCUT2D eigenvalue weighted by Gasteiger charge is -2.37. The molecular formula is C18H22N4O2. The zero-order valence-electron chi connectivity index (χ0n) is 13.6. The van der Waals surface area contributed by atoms with E-state index in [1.165, 1.54) is 5.69 Å². The Kier molecular flexibility index (Phi) is 4.06. The Balaban J connectivity index is 1.49. The van der Waals surface area contributed by atoms with Gasteiger partial charge < -0.3 is 15.4 Å². The maximum Gasteiger partial charge on any atom is 0.223 e. The molecule has 4 heterocycles. The molecule has 0 aromatic carbocycles. The molecule has 126 valence electrons.